The van der Waals surface area contributed by atoms with Crippen molar-refractivity contribution < 1.29 is 4.79 Å². The van der Waals surface area contributed by atoms with Crippen LogP contribution in [0.1, 0.15) is 33.7 Å². The smallest absolute Gasteiger partial charge is 0.275 e. The molecule has 1 N–H and O–H groups in total. The van der Waals surface area contributed by atoms with E-state index in [4.69, 9.17) is 0 Å². The van der Waals surface area contributed by atoms with E-state index >= 15 is 0 Å². The number of rotatable bonds is 3. The Balaban J connectivity index is 2.21. The molecule has 0 fully saturated rings. The number of carbonyl (C=O) groups is 1. The quantitative estimate of drug-likeness (QED) is 0.926. The first-order chi connectivity index (χ1) is 8.51. The van der Waals surface area contributed by atoms with E-state index in [1.54, 1.807) is 10.7 Å². The highest BCUT2D eigenvalue weighted by molar-refractivity contribution is 7.15. The highest BCUT2D eigenvalue weighted by atomic mass is 32.1. The van der Waals surface area contributed by atoms with Gasteiger partial charge in [0.1, 0.15) is 5.69 Å². The summed E-state index contributed by atoms with van der Waals surface area (Å²) < 4.78 is 1.69. The fraction of sp³-hybridized carbons (Fsp3) is 0.417. The maximum atomic E-state index is 12.1. The fourth-order valence-electron chi connectivity index (χ4n) is 1.66. The molecular weight excluding hydrogens is 248 g/mol. The van der Waals surface area contributed by atoms with Gasteiger partial charge in [0.15, 0.2) is 5.13 Å². The topological polar surface area (TPSA) is 59.8 Å². The lowest BCUT2D eigenvalue weighted by Crippen LogP contribution is -2.17. The molecule has 0 atom stereocenters. The van der Waals surface area contributed by atoms with Gasteiger partial charge in [0.05, 0.1) is 11.4 Å². The van der Waals surface area contributed by atoms with Crippen LogP contribution in [0.4, 0.5) is 5.13 Å². The molecule has 0 spiro atoms. The van der Waals surface area contributed by atoms with Gasteiger partial charge >= 0.3 is 0 Å². The van der Waals surface area contributed by atoms with Crippen molar-refractivity contribution >= 4 is 22.4 Å². The molecule has 2 aromatic heterocycles. The van der Waals surface area contributed by atoms with Crippen LogP contribution in [-0.2, 0) is 6.54 Å². The summed E-state index contributed by atoms with van der Waals surface area (Å²) in [6, 6.07) is 1.78. The van der Waals surface area contributed by atoms with E-state index in [1.165, 1.54) is 11.3 Å². The SMILES string of the molecule is CCn1nc(C)cc1C(=O)Nc1nc(C)c(C)s1. The lowest BCUT2D eigenvalue weighted by Gasteiger charge is -2.03. The van der Waals surface area contributed by atoms with Crippen molar-refractivity contribution in [1.82, 2.24) is 14.8 Å². The van der Waals surface area contributed by atoms with Gasteiger partial charge in [-0.2, -0.15) is 5.10 Å². The maximum absolute atomic E-state index is 12.1. The van der Waals surface area contributed by atoms with Crippen molar-refractivity contribution in [3.8, 4) is 0 Å². The third-order valence-electron chi connectivity index (χ3n) is 2.68. The zero-order valence-corrected chi connectivity index (χ0v) is 11.8. The maximum Gasteiger partial charge on any atom is 0.275 e. The second kappa shape index (κ2) is 4.89. The summed E-state index contributed by atoms with van der Waals surface area (Å²) in [5.74, 6) is -0.161. The van der Waals surface area contributed by atoms with E-state index in [9.17, 15) is 4.79 Å². The van der Waals surface area contributed by atoms with Crippen molar-refractivity contribution in [3.63, 3.8) is 0 Å². The second-order valence-electron chi connectivity index (χ2n) is 4.10. The highest BCUT2D eigenvalue weighted by Crippen LogP contribution is 2.21. The van der Waals surface area contributed by atoms with Crippen LogP contribution in [0.2, 0.25) is 0 Å². The molecule has 96 valence electrons. The standard InChI is InChI=1S/C12H16N4OS/c1-5-16-10(6-7(2)15-16)11(17)14-12-13-8(3)9(4)18-12/h6H,5H2,1-4H3,(H,13,14,17). The van der Waals surface area contributed by atoms with Gasteiger partial charge in [-0.3, -0.25) is 14.8 Å². The molecule has 6 heteroatoms. The minimum atomic E-state index is -0.161. The highest BCUT2D eigenvalue weighted by Gasteiger charge is 2.15. The third-order valence-corrected chi connectivity index (χ3v) is 3.67. The van der Waals surface area contributed by atoms with Crippen molar-refractivity contribution in [3.05, 3.63) is 28.0 Å². The third kappa shape index (κ3) is 2.43. The number of thiazole rings is 1. The first-order valence-electron chi connectivity index (χ1n) is 5.81. The van der Waals surface area contributed by atoms with Crippen LogP contribution < -0.4 is 5.32 Å². The Hall–Kier alpha value is -1.69. The molecule has 0 aliphatic carbocycles. The summed E-state index contributed by atoms with van der Waals surface area (Å²) in [6.45, 7) is 8.43. The van der Waals surface area contributed by atoms with Crippen LogP contribution in [0.5, 0.6) is 0 Å². The average molecular weight is 264 g/mol. The van der Waals surface area contributed by atoms with E-state index in [0.717, 1.165) is 16.3 Å². The normalized spacial score (nSPS) is 10.7. The van der Waals surface area contributed by atoms with Gasteiger partial charge in [-0.05, 0) is 33.8 Å². The fourth-order valence-corrected chi connectivity index (χ4v) is 2.47. The number of carbonyl (C=O) groups excluding carboxylic acids is 1. The molecule has 0 bridgehead atoms. The number of amides is 1. The van der Waals surface area contributed by atoms with Crippen LogP contribution >= 0.6 is 11.3 Å². The molecule has 0 saturated carbocycles. The lowest BCUT2D eigenvalue weighted by atomic mass is 10.3. The van der Waals surface area contributed by atoms with Crippen molar-refractivity contribution in [2.75, 3.05) is 5.32 Å². The van der Waals surface area contributed by atoms with Gasteiger partial charge in [-0.25, -0.2) is 4.98 Å². The molecule has 0 aliphatic heterocycles. The summed E-state index contributed by atoms with van der Waals surface area (Å²) in [4.78, 5) is 17.5. The van der Waals surface area contributed by atoms with Crippen LogP contribution in [0, 0.1) is 20.8 Å². The lowest BCUT2D eigenvalue weighted by molar-refractivity contribution is 0.101. The van der Waals surface area contributed by atoms with Gasteiger partial charge < -0.3 is 0 Å². The first-order valence-corrected chi connectivity index (χ1v) is 6.62. The largest absolute Gasteiger partial charge is 0.296 e. The van der Waals surface area contributed by atoms with Gasteiger partial charge in [0, 0.05) is 11.4 Å². The van der Waals surface area contributed by atoms with Gasteiger partial charge in [-0.1, -0.05) is 0 Å². The summed E-state index contributed by atoms with van der Waals surface area (Å²) in [5, 5.41) is 7.70. The van der Waals surface area contributed by atoms with Gasteiger partial charge in [-0.15, -0.1) is 11.3 Å². The minimum Gasteiger partial charge on any atom is -0.296 e. The molecular formula is C12H16N4OS. The molecule has 1 amide bonds. The van der Waals surface area contributed by atoms with Crippen molar-refractivity contribution in [1.29, 1.82) is 0 Å². The van der Waals surface area contributed by atoms with E-state index in [-0.39, 0.29) is 5.91 Å². The molecule has 0 saturated heterocycles. The number of nitrogens with one attached hydrogen (secondary N) is 1. The Bertz CT molecular complexity index is 565. The Morgan fingerprint density at radius 3 is 2.72 bits per heavy atom. The molecule has 0 aliphatic rings. The zero-order valence-electron chi connectivity index (χ0n) is 10.9. The number of aromatic nitrogens is 3. The first kappa shape index (κ1) is 12.8. The van der Waals surface area contributed by atoms with Crippen molar-refractivity contribution in [2.24, 2.45) is 0 Å². The number of nitrogens with zero attached hydrogens (tertiary/aromatic N) is 3. The van der Waals surface area contributed by atoms with E-state index in [0.29, 0.717) is 17.4 Å². The van der Waals surface area contributed by atoms with Crippen molar-refractivity contribution in [2.45, 2.75) is 34.2 Å². The van der Waals surface area contributed by atoms with Crippen LogP contribution in [0.25, 0.3) is 0 Å². The number of hydrogen-bond donors (Lipinski definition) is 1. The van der Waals surface area contributed by atoms with Crippen LogP contribution in [0.3, 0.4) is 0 Å². The molecule has 0 radical (unpaired) electrons. The number of anilines is 1. The average Bonchev–Trinajstić information content (AvgIpc) is 2.83. The molecule has 2 rings (SSSR count). The summed E-state index contributed by atoms with van der Waals surface area (Å²) >= 11 is 1.48. The van der Waals surface area contributed by atoms with Crippen LogP contribution in [-0.4, -0.2) is 20.7 Å². The number of aryl methyl sites for hydroxylation is 4. The Morgan fingerprint density at radius 2 is 2.17 bits per heavy atom. The molecule has 18 heavy (non-hydrogen) atoms. The summed E-state index contributed by atoms with van der Waals surface area (Å²) in [5.41, 5.74) is 2.37. The Morgan fingerprint density at radius 1 is 1.44 bits per heavy atom. The van der Waals surface area contributed by atoms with Gasteiger partial charge in [0.2, 0.25) is 0 Å². The molecule has 5 nitrogen and oxygen atoms in total. The second-order valence-corrected chi connectivity index (χ2v) is 5.30. The Kier molecular flexibility index (Phi) is 3.47. The van der Waals surface area contributed by atoms with E-state index in [2.05, 4.69) is 15.4 Å². The predicted molar refractivity (Wildman–Crippen MR) is 72.2 cm³/mol. The van der Waals surface area contributed by atoms with Crippen LogP contribution in [0.15, 0.2) is 6.07 Å². The minimum absolute atomic E-state index is 0.161. The molecule has 0 aromatic carbocycles. The monoisotopic (exact) mass is 264 g/mol. The molecule has 2 aromatic rings. The van der Waals surface area contributed by atoms with Gasteiger partial charge in [0.25, 0.3) is 5.91 Å². The van der Waals surface area contributed by atoms with E-state index in [1.807, 2.05) is 27.7 Å². The molecule has 2 heterocycles. The predicted octanol–water partition coefficient (Wildman–Crippen LogP) is 2.54. The zero-order chi connectivity index (χ0) is 13.3. The number of hydrogen-bond acceptors (Lipinski definition) is 4. The van der Waals surface area contributed by atoms with E-state index < -0.39 is 0 Å². The summed E-state index contributed by atoms with van der Waals surface area (Å²) in [6.07, 6.45) is 0. The Labute approximate surface area is 110 Å². The molecule has 0 unspecified atom stereocenters. The summed E-state index contributed by atoms with van der Waals surface area (Å²) in [7, 11) is 0.